The van der Waals surface area contributed by atoms with E-state index in [0.717, 1.165) is 18.6 Å². The van der Waals surface area contributed by atoms with Crippen molar-refractivity contribution in [3.8, 4) is 0 Å². The standard InChI is InChI=1S/C14H22N2S/c1-2-13-5-6-14(17-13)10-16-8-7-11-3-4-12(9-16)15-11/h5-6,11-12,15H,2-4,7-10H2,1H3. The summed E-state index contributed by atoms with van der Waals surface area (Å²) in [6, 6.07) is 6.18. The van der Waals surface area contributed by atoms with E-state index in [9.17, 15) is 0 Å². The van der Waals surface area contributed by atoms with Crippen molar-refractivity contribution in [1.29, 1.82) is 0 Å². The van der Waals surface area contributed by atoms with Crippen molar-refractivity contribution in [2.24, 2.45) is 0 Å². The molecule has 2 fully saturated rings. The lowest BCUT2D eigenvalue weighted by atomic mass is 10.1. The van der Waals surface area contributed by atoms with Gasteiger partial charge in [0, 0.05) is 41.5 Å². The second-order valence-corrected chi connectivity index (χ2v) is 6.64. The van der Waals surface area contributed by atoms with E-state index in [4.69, 9.17) is 0 Å². The van der Waals surface area contributed by atoms with E-state index >= 15 is 0 Å². The SMILES string of the molecule is CCc1ccc(CN2CCC3CCC(C2)N3)s1. The third-order valence-electron chi connectivity index (χ3n) is 4.05. The molecule has 0 aliphatic carbocycles. The topological polar surface area (TPSA) is 15.3 Å². The molecule has 2 bridgehead atoms. The van der Waals surface area contributed by atoms with Crippen LogP contribution in [0.15, 0.2) is 12.1 Å². The van der Waals surface area contributed by atoms with E-state index in [0.29, 0.717) is 0 Å². The first-order chi connectivity index (χ1) is 8.33. The molecular weight excluding hydrogens is 228 g/mol. The maximum atomic E-state index is 3.75. The number of rotatable bonds is 3. The average molecular weight is 250 g/mol. The fraction of sp³-hybridized carbons (Fsp3) is 0.714. The van der Waals surface area contributed by atoms with Crippen LogP contribution in [0.4, 0.5) is 0 Å². The number of nitrogens with zero attached hydrogens (tertiary/aromatic N) is 1. The Morgan fingerprint density at radius 2 is 2.06 bits per heavy atom. The highest BCUT2D eigenvalue weighted by molar-refractivity contribution is 7.11. The highest BCUT2D eigenvalue weighted by Gasteiger charge is 2.29. The monoisotopic (exact) mass is 250 g/mol. The van der Waals surface area contributed by atoms with Gasteiger partial charge in [-0.25, -0.2) is 0 Å². The predicted molar refractivity (Wildman–Crippen MR) is 73.5 cm³/mol. The van der Waals surface area contributed by atoms with Gasteiger partial charge < -0.3 is 5.32 Å². The number of hydrogen-bond donors (Lipinski definition) is 1. The summed E-state index contributed by atoms with van der Waals surface area (Å²) in [5.74, 6) is 0. The number of fused-ring (bicyclic) bond motifs is 2. The van der Waals surface area contributed by atoms with Crippen LogP contribution in [-0.2, 0) is 13.0 Å². The molecule has 1 aromatic heterocycles. The fourth-order valence-corrected chi connectivity index (χ4v) is 4.08. The number of aryl methyl sites for hydroxylation is 1. The maximum absolute atomic E-state index is 3.75. The molecule has 1 aromatic rings. The highest BCUT2D eigenvalue weighted by atomic mass is 32.1. The van der Waals surface area contributed by atoms with Crippen LogP contribution in [0.25, 0.3) is 0 Å². The third-order valence-corrected chi connectivity index (χ3v) is 5.27. The second kappa shape index (κ2) is 5.09. The van der Waals surface area contributed by atoms with Gasteiger partial charge in [-0.15, -0.1) is 11.3 Å². The smallest absolute Gasteiger partial charge is 0.0328 e. The lowest BCUT2D eigenvalue weighted by Gasteiger charge is -2.23. The zero-order valence-corrected chi connectivity index (χ0v) is 11.4. The van der Waals surface area contributed by atoms with Crippen molar-refractivity contribution in [2.45, 2.75) is 51.2 Å². The molecule has 3 heterocycles. The molecule has 2 saturated heterocycles. The number of thiophene rings is 1. The van der Waals surface area contributed by atoms with Gasteiger partial charge in [0.05, 0.1) is 0 Å². The summed E-state index contributed by atoms with van der Waals surface area (Å²) in [5.41, 5.74) is 0. The van der Waals surface area contributed by atoms with Gasteiger partial charge in [0.25, 0.3) is 0 Å². The molecule has 0 saturated carbocycles. The van der Waals surface area contributed by atoms with Gasteiger partial charge in [0.2, 0.25) is 0 Å². The first-order valence-electron chi connectivity index (χ1n) is 6.89. The fourth-order valence-electron chi connectivity index (χ4n) is 3.08. The van der Waals surface area contributed by atoms with E-state index in [1.165, 1.54) is 43.6 Å². The van der Waals surface area contributed by atoms with E-state index in [1.807, 2.05) is 11.3 Å². The summed E-state index contributed by atoms with van der Waals surface area (Å²) in [5, 5.41) is 3.75. The predicted octanol–water partition coefficient (Wildman–Crippen LogP) is 2.64. The van der Waals surface area contributed by atoms with Crippen molar-refractivity contribution in [2.75, 3.05) is 13.1 Å². The minimum Gasteiger partial charge on any atom is -0.310 e. The Morgan fingerprint density at radius 1 is 1.24 bits per heavy atom. The van der Waals surface area contributed by atoms with Gasteiger partial charge in [0.15, 0.2) is 0 Å². The van der Waals surface area contributed by atoms with Gasteiger partial charge in [0.1, 0.15) is 0 Å². The molecule has 1 N–H and O–H groups in total. The normalized spacial score (nSPS) is 29.5. The molecule has 0 amide bonds. The Labute approximate surface area is 108 Å². The van der Waals surface area contributed by atoms with E-state index in [1.54, 1.807) is 4.88 Å². The van der Waals surface area contributed by atoms with Crippen LogP contribution < -0.4 is 5.32 Å². The van der Waals surface area contributed by atoms with Crippen LogP contribution in [-0.4, -0.2) is 30.1 Å². The molecule has 0 aromatic carbocycles. The van der Waals surface area contributed by atoms with Crippen LogP contribution in [0.2, 0.25) is 0 Å². The number of likely N-dealkylation sites (tertiary alicyclic amines) is 1. The zero-order valence-electron chi connectivity index (χ0n) is 10.6. The zero-order chi connectivity index (χ0) is 11.7. The molecule has 2 aliphatic heterocycles. The highest BCUT2D eigenvalue weighted by Crippen LogP contribution is 2.24. The lowest BCUT2D eigenvalue weighted by Crippen LogP contribution is -2.34. The molecule has 17 heavy (non-hydrogen) atoms. The summed E-state index contributed by atoms with van der Waals surface area (Å²) in [6.45, 7) is 5.92. The summed E-state index contributed by atoms with van der Waals surface area (Å²) in [7, 11) is 0. The summed E-state index contributed by atoms with van der Waals surface area (Å²) in [4.78, 5) is 5.70. The van der Waals surface area contributed by atoms with E-state index in [-0.39, 0.29) is 0 Å². The first kappa shape index (κ1) is 11.7. The third kappa shape index (κ3) is 2.72. The van der Waals surface area contributed by atoms with Gasteiger partial charge in [-0.05, 0) is 37.8 Å². The molecule has 2 aliphatic rings. The second-order valence-electron chi connectivity index (χ2n) is 5.38. The minimum absolute atomic E-state index is 0.758. The van der Waals surface area contributed by atoms with Crippen LogP contribution >= 0.6 is 11.3 Å². The number of nitrogens with one attached hydrogen (secondary N) is 1. The van der Waals surface area contributed by atoms with Crippen LogP contribution in [0, 0.1) is 0 Å². The molecule has 2 nitrogen and oxygen atoms in total. The largest absolute Gasteiger partial charge is 0.310 e. The van der Waals surface area contributed by atoms with Gasteiger partial charge >= 0.3 is 0 Å². The van der Waals surface area contributed by atoms with Crippen molar-refractivity contribution >= 4 is 11.3 Å². The summed E-state index contributed by atoms with van der Waals surface area (Å²) >= 11 is 1.99. The molecule has 94 valence electrons. The van der Waals surface area contributed by atoms with E-state index in [2.05, 4.69) is 29.3 Å². The van der Waals surface area contributed by atoms with E-state index < -0.39 is 0 Å². The van der Waals surface area contributed by atoms with Crippen LogP contribution in [0.1, 0.15) is 35.9 Å². The quantitative estimate of drug-likeness (QED) is 0.887. The maximum Gasteiger partial charge on any atom is 0.0328 e. The lowest BCUT2D eigenvalue weighted by molar-refractivity contribution is 0.253. The van der Waals surface area contributed by atoms with Crippen LogP contribution in [0.5, 0.6) is 0 Å². The average Bonchev–Trinajstić information content (AvgIpc) is 2.89. The first-order valence-corrected chi connectivity index (χ1v) is 7.71. The Hall–Kier alpha value is -0.380. The van der Waals surface area contributed by atoms with Crippen molar-refractivity contribution in [3.63, 3.8) is 0 Å². The van der Waals surface area contributed by atoms with Gasteiger partial charge in [-0.2, -0.15) is 0 Å². The van der Waals surface area contributed by atoms with Crippen LogP contribution in [0.3, 0.4) is 0 Å². The Bertz CT molecular complexity index is 374. The van der Waals surface area contributed by atoms with Gasteiger partial charge in [-0.1, -0.05) is 6.92 Å². The van der Waals surface area contributed by atoms with Crippen molar-refractivity contribution in [1.82, 2.24) is 10.2 Å². The Morgan fingerprint density at radius 3 is 2.88 bits per heavy atom. The summed E-state index contributed by atoms with van der Waals surface area (Å²) < 4.78 is 0. The number of hydrogen-bond acceptors (Lipinski definition) is 3. The molecule has 2 unspecified atom stereocenters. The van der Waals surface area contributed by atoms with Gasteiger partial charge in [-0.3, -0.25) is 4.90 Å². The van der Waals surface area contributed by atoms with Crippen molar-refractivity contribution in [3.05, 3.63) is 21.9 Å². The molecular formula is C14H22N2S. The summed E-state index contributed by atoms with van der Waals surface area (Å²) in [6.07, 6.45) is 5.29. The molecule has 0 radical (unpaired) electrons. The molecule has 3 rings (SSSR count). The Kier molecular flexibility index (Phi) is 3.50. The van der Waals surface area contributed by atoms with Crippen molar-refractivity contribution < 1.29 is 0 Å². The molecule has 0 spiro atoms. The Balaban J connectivity index is 1.61. The molecule has 2 atom stereocenters. The molecule has 3 heteroatoms. The minimum atomic E-state index is 0.758.